The largest absolute Gasteiger partial charge is 0.378 e. The third-order valence-electron chi connectivity index (χ3n) is 4.00. The standard InChI is InChI=1S/C12H23N/c1-5-11(3)12(4)7-9-13(6-2)10-8-12/h6,11H,2,5,7-10H2,1,3-4H3. The summed E-state index contributed by atoms with van der Waals surface area (Å²) in [7, 11) is 0. The molecule has 0 aromatic rings. The van der Waals surface area contributed by atoms with Gasteiger partial charge in [-0.2, -0.15) is 0 Å². The van der Waals surface area contributed by atoms with E-state index in [0.29, 0.717) is 5.41 Å². The first-order valence-electron chi connectivity index (χ1n) is 5.49. The molecule has 1 unspecified atom stereocenters. The topological polar surface area (TPSA) is 3.24 Å². The summed E-state index contributed by atoms with van der Waals surface area (Å²) < 4.78 is 0. The normalized spacial score (nSPS) is 24.1. The van der Waals surface area contributed by atoms with Gasteiger partial charge in [-0.15, -0.1) is 0 Å². The monoisotopic (exact) mass is 181 g/mol. The van der Waals surface area contributed by atoms with E-state index < -0.39 is 0 Å². The Morgan fingerprint density at radius 2 is 2.00 bits per heavy atom. The summed E-state index contributed by atoms with van der Waals surface area (Å²) >= 11 is 0. The lowest BCUT2D eigenvalue weighted by molar-refractivity contribution is 0.0919. The molecule has 1 atom stereocenters. The van der Waals surface area contributed by atoms with Crippen molar-refractivity contribution in [2.45, 2.75) is 40.0 Å². The van der Waals surface area contributed by atoms with Gasteiger partial charge < -0.3 is 4.90 Å². The first-order chi connectivity index (χ1) is 6.12. The number of nitrogens with zero attached hydrogens (tertiary/aromatic N) is 1. The van der Waals surface area contributed by atoms with Crippen molar-refractivity contribution >= 4 is 0 Å². The first-order valence-corrected chi connectivity index (χ1v) is 5.49. The molecular formula is C12H23N. The van der Waals surface area contributed by atoms with Crippen LogP contribution in [0, 0.1) is 11.3 Å². The van der Waals surface area contributed by atoms with Crippen molar-refractivity contribution < 1.29 is 0 Å². The number of hydrogen-bond donors (Lipinski definition) is 0. The Kier molecular flexibility index (Phi) is 3.40. The molecule has 0 spiro atoms. The maximum atomic E-state index is 3.82. The summed E-state index contributed by atoms with van der Waals surface area (Å²) in [6.45, 7) is 13.4. The van der Waals surface area contributed by atoms with Gasteiger partial charge in [0.2, 0.25) is 0 Å². The maximum absolute atomic E-state index is 3.82. The van der Waals surface area contributed by atoms with Gasteiger partial charge in [-0.25, -0.2) is 0 Å². The lowest BCUT2D eigenvalue weighted by Crippen LogP contribution is -2.39. The molecule has 0 radical (unpaired) electrons. The van der Waals surface area contributed by atoms with E-state index in [1.54, 1.807) is 0 Å². The number of hydrogen-bond acceptors (Lipinski definition) is 1. The molecule has 0 saturated carbocycles. The molecule has 0 amide bonds. The van der Waals surface area contributed by atoms with Crippen LogP contribution in [0.2, 0.25) is 0 Å². The van der Waals surface area contributed by atoms with Crippen molar-refractivity contribution in [1.29, 1.82) is 0 Å². The van der Waals surface area contributed by atoms with Gasteiger partial charge in [0.15, 0.2) is 0 Å². The van der Waals surface area contributed by atoms with Gasteiger partial charge in [-0.1, -0.05) is 33.8 Å². The first kappa shape index (κ1) is 10.6. The third kappa shape index (κ3) is 2.26. The number of rotatable bonds is 3. The Labute approximate surface area is 82.8 Å². The van der Waals surface area contributed by atoms with E-state index in [2.05, 4.69) is 32.3 Å². The molecule has 0 aromatic heterocycles. The molecule has 1 aliphatic heterocycles. The summed E-state index contributed by atoms with van der Waals surface area (Å²) in [5.41, 5.74) is 0.578. The average Bonchev–Trinajstić information content (AvgIpc) is 2.18. The van der Waals surface area contributed by atoms with Gasteiger partial charge >= 0.3 is 0 Å². The van der Waals surface area contributed by atoms with Crippen molar-refractivity contribution in [2.24, 2.45) is 11.3 Å². The Morgan fingerprint density at radius 3 is 2.38 bits per heavy atom. The van der Waals surface area contributed by atoms with Gasteiger partial charge in [-0.3, -0.25) is 0 Å². The second kappa shape index (κ2) is 4.17. The van der Waals surface area contributed by atoms with Gasteiger partial charge in [0, 0.05) is 13.1 Å². The van der Waals surface area contributed by atoms with E-state index in [4.69, 9.17) is 0 Å². The zero-order valence-electron chi connectivity index (χ0n) is 9.34. The van der Waals surface area contributed by atoms with Crippen LogP contribution in [0.5, 0.6) is 0 Å². The van der Waals surface area contributed by atoms with Gasteiger partial charge in [0.1, 0.15) is 0 Å². The highest BCUT2D eigenvalue weighted by Crippen LogP contribution is 2.39. The van der Waals surface area contributed by atoms with E-state index in [1.165, 1.54) is 32.4 Å². The molecule has 1 heterocycles. The molecule has 13 heavy (non-hydrogen) atoms. The van der Waals surface area contributed by atoms with Crippen LogP contribution < -0.4 is 0 Å². The van der Waals surface area contributed by atoms with Crippen LogP contribution in [-0.4, -0.2) is 18.0 Å². The van der Waals surface area contributed by atoms with Crippen LogP contribution in [0.4, 0.5) is 0 Å². The predicted molar refractivity (Wildman–Crippen MR) is 58.6 cm³/mol. The maximum Gasteiger partial charge on any atom is 0.0177 e. The van der Waals surface area contributed by atoms with Crippen LogP contribution in [0.3, 0.4) is 0 Å². The van der Waals surface area contributed by atoms with Crippen LogP contribution >= 0.6 is 0 Å². The molecule has 1 nitrogen and oxygen atoms in total. The van der Waals surface area contributed by atoms with Crippen molar-refractivity contribution in [3.63, 3.8) is 0 Å². The molecule has 1 saturated heterocycles. The molecule has 0 aromatic carbocycles. The molecule has 0 aliphatic carbocycles. The Hall–Kier alpha value is -0.460. The lowest BCUT2D eigenvalue weighted by atomic mass is 9.70. The zero-order valence-corrected chi connectivity index (χ0v) is 9.34. The minimum absolute atomic E-state index is 0.578. The summed E-state index contributed by atoms with van der Waals surface area (Å²) in [5.74, 6) is 0.861. The lowest BCUT2D eigenvalue weighted by Gasteiger charge is -2.42. The summed E-state index contributed by atoms with van der Waals surface area (Å²) in [6.07, 6.45) is 5.95. The fraction of sp³-hybridized carbons (Fsp3) is 0.833. The van der Waals surface area contributed by atoms with Crippen molar-refractivity contribution in [3.05, 3.63) is 12.8 Å². The molecule has 0 bridgehead atoms. The smallest absolute Gasteiger partial charge is 0.0177 e. The minimum Gasteiger partial charge on any atom is -0.378 e. The van der Waals surface area contributed by atoms with E-state index in [1.807, 2.05) is 6.20 Å². The predicted octanol–water partition coefficient (Wildman–Crippen LogP) is 3.28. The van der Waals surface area contributed by atoms with Gasteiger partial charge in [0.25, 0.3) is 0 Å². The SMILES string of the molecule is C=CN1CCC(C)(C(C)CC)CC1. The highest BCUT2D eigenvalue weighted by molar-refractivity contribution is 4.88. The van der Waals surface area contributed by atoms with Gasteiger partial charge in [0.05, 0.1) is 0 Å². The van der Waals surface area contributed by atoms with E-state index in [9.17, 15) is 0 Å². The highest BCUT2D eigenvalue weighted by Gasteiger charge is 2.33. The number of piperidine rings is 1. The minimum atomic E-state index is 0.578. The van der Waals surface area contributed by atoms with E-state index in [0.717, 1.165) is 5.92 Å². The van der Waals surface area contributed by atoms with Crippen molar-refractivity contribution in [1.82, 2.24) is 4.90 Å². The Bertz CT molecular complexity index is 166. The molecule has 1 aliphatic rings. The molecule has 1 fully saturated rings. The summed E-state index contributed by atoms with van der Waals surface area (Å²) in [5, 5.41) is 0. The second-order valence-corrected chi connectivity index (χ2v) is 4.68. The third-order valence-corrected chi connectivity index (χ3v) is 4.00. The molecular weight excluding hydrogens is 158 g/mol. The second-order valence-electron chi connectivity index (χ2n) is 4.68. The van der Waals surface area contributed by atoms with Crippen LogP contribution in [-0.2, 0) is 0 Å². The zero-order chi connectivity index (χ0) is 9.90. The molecule has 76 valence electrons. The van der Waals surface area contributed by atoms with Crippen LogP contribution in [0.1, 0.15) is 40.0 Å². The van der Waals surface area contributed by atoms with Crippen LogP contribution in [0.15, 0.2) is 12.8 Å². The molecule has 0 N–H and O–H groups in total. The fourth-order valence-electron chi connectivity index (χ4n) is 2.20. The van der Waals surface area contributed by atoms with Crippen molar-refractivity contribution in [2.75, 3.05) is 13.1 Å². The van der Waals surface area contributed by atoms with E-state index in [-0.39, 0.29) is 0 Å². The quantitative estimate of drug-likeness (QED) is 0.646. The van der Waals surface area contributed by atoms with Crippen LogP contribution in [0.25, 0.3) is 0 Å². The van der Waals surface area contributed by atoms with Gasteiger partial charge in [-0.05, 0) is 30.4 Å². The molecule has 1 heteroatoms. The number of likely N-dealkylation sites (tertiary alicyclic amines) is 1. The Morgan fingerprint density at radius 1 is 1.46 bits per heavy atom. The fourth-order valence-corrected chi connectivity index (χ4v) is 2.20. The van der Waals surface area contributed by atoms with Crippen molar-refractivity contribution in [3.8, 4) is 0 Å². The molecule has 1 rings (SSSR count). The average molecular weight is 181 g/mol. The highest BCUT2D eigenvalue weighted by atomic mass is 15.1. The summed E-state index contributed by atoms with van der Waals surface area (Å²) in [6, 6.07) is 0. The summed E-state index contributed by atoms with van der Waals surface area (Å²) in [4.78, 5) is 2.34. The Balaban J connectivity index is 2.50. The van der Waals surface area contributed by atoms with E-state index >= 15 is 0 Å².